The molecule has 2 aliphatic heterocycles. The van der Waals surface area contributed by atoms with Crippen LogP contribution in [-0.4, -0.2) is 51.1 Å². The van der Waals surface area contributed by atoms with Gasteiger partial charge in [0.05, 0.1) is 34.8 Å². The third-order valence-corrected chi connectivity index (χ3v) is 7.31. The van der Waals surface area contributed by atoms with E-state index in [0.717, 1.165) is 22.7 Å². The van der Waals surface area contributed by atoms with Gasteiger partial charge in [-0.25, -0.2) is 4.39 Å². The van der Waals surface area contributed by atoms with E-state index in [-0.39, 0.29) is 28.6 Å². The molecule has 2 saturated heterocycles. The highest BCUT2D eigenvalue weighted by Gasteiger charge is 2.43. The lowest BCUT2D eigenvalue weighted by molar-refractivity contribution is -0.138. The molecule has 1 aromatic heterocycles. The lowest BCUT2D eigenvalue weighted by Crippen LogP contribution is -2.52. The van der Waals surface area contributed by atoms with E-state index < -0.39 is 35.1 Å². The van der Waals surface area contributed by atoms with Crippen LogP contribution in [0, 0.1) is 0 Å². The van der Waals surface area contributed by atoms with Crippen LogP contribution in [-0.2, 0) is 17.5 Å². The summed E-state index contributed by atoms with van der Waals surface area (Å²) in [7, 11) is 0. The Morgan fingerprint density at radius 3 is 2.75 bits per heavy atom. The topological polar surface area (TPSA) is 67.2 Å². The number of imide groups is 1. The van der Waals surface area contributed by atoms with Crippen molar-refractivity contribution in [2.75, 3.05) is 13.1 Å². The first-order chi connectivity index (χ1) is 17.1. The highest BCUT2D eigenvalue weighted by Crippen LogP contribution is 2.37. The molecule has 5 rings (SSSR count). The number of alkyl halides is 4. The number of piperidine rings is 1. The van der Waals surface area contributed by atoms with Gasteiger partial charge in [0, 0.05) is 17.0 Å². The van der Waals surface area contributed by atoms with Gasteiger partial charge in [-0.05, 0) is 66.2 Å². The number of hydrogen-bond acceptors (Lipinski definition) is 5. The molecule has 2 aliphatic rings. The van der Waals surface area contributed by atoms with Gasteiger partial charge in [-0.1, -0.05) is 23.7 Å². The van der Waals surface area contributed by atoms with Gasteiger partial charge in [-0.15, -0.1) is 0 Å². The quantitative estimate of drug-likeness (QED) is 0.351. The SMILES string of the molecule is O=C1S/C(=C\c2ccc3c(cnn3Cc3ccc(Cl)cc3C(F)(F)F)c2)C(=O)N1[C@H]1CCNC[C@H]1F. The summed E-state index contributed by atoms with van der Waals surface area (Å²) in [5, 5.41) is 7.27. The van der Waals surface area contributed by atoms with Gasteiger partial charge < -0.3 is 5.32 Å². The zero-order chi connectivity index (χ0) is 25.6. The molecule has 188 valence electrons. The Labute approximate surface area is 212 Å². The standard InChI is InChI=1S/C24H19ClF4N4O2S/c25-16-3-2-14(17(9-16)24(27,28)29)12-32-19-4-1-13(7-15(19)10-31-32)8-21-22(34)33(23(35)36-21)20-5-6-30-11-18(20)26/h1-4,7-10,18,20,30H,5-6,11-12H2/b21-8-/t18-,20+/m1/s1. The minimum atomic E-state index is -4.56. The third-order valence-electron chi connectivity index (χ3n) is 6.19. The number of carbonyl (C=O) groups excluding carboxylic acids is 2. The average Bonchev–Trinajstić information content (AvgIpc) is 3.34. The molecule has 0 unspecified atom stereocenters. The van der Waals surface area contributed by atoms with Crippen LogP contribution < -0.4 is 5.32 Å². The number of carbonyl (C=O) groups is 2. The van der Waals surface area contributed by atoms with E-state index in [2.05, 4.69) is 10.4 Å². The molecule has 0 aliphatic carbocycles. The maximum absolute atomic E-state index is 14.3. The van der Waals surface area contributed by atoms with Crippen LogP contribution in [0.2, 0.25) is 5.02 Å². The molecule has 0 saturated carbocycles. The van der Waals surface area contributed by atoms with Gasteiger partial charge in [0.15, 0.2) is 0 Å². The first-order valence-electron chi connectivity index (χ1n) is 11.0. The normalized spacial score (nSPS) is 22.2. The molecule has 0 bridgehead atoms. The molecule has 2 aromatic carbocycles. The van der Waals surface area contributed by atoms with Crippen molar-refractivity contribution in [1.82, 2.24) is 20.0 Å². The predicted molar refractivity (Wildman–Crippen MR) is 129 cm³/mol. The Morgan fingerprint density at radius 2 is 2.00 bits per heavy atom. The summed E-state index contributed by atoms with van der Waals surface area (Å²) < 4.78 is 56.2. The summed E-state index contributed by atoms with van der Waals surface area (Å²) in [6, 6.07) is 7.92. The van der Waals surface area contributed by atoms with Gasteiger partial charge in [0.2, 0.25) is 0 Å². The van der Waals surface area contributed by atoms with Crippen molar-refractivity contribution in [1.29, 1.82) is 0 Å². The zero-order valence-electron chi connectivity index (χ0n) is 18.6. The number of thioether (sulfide) groups is 1. The lowest BCUT2D eigenvalue weighted by Gasteiger charge is -2.32. The smallest absolute Gasteiger partial charge is 0.314 e. The van der Waals surface area contributed by atoms with Gasteiger partial charge in [0.25, 0.3) is 11.1 Å². The molecular formula is C24H19ClF4N4O2S. The van der Waals surface area contributed by atoms with Crippen LogP contribution in [0.3, 0.4) is 0 Å². The van der Waals surface area contributed by atoms with Crippen LogP contribution >= 0.6 is 23.4 Å². The summed E-state index contributed by atoms with van der Waals surface area (Å²) in [6.45, 7) is 0.494. The van der Waals surface area contributed by atoms with Crippen molar-refractivity contribution < 1.29 is 27.2 Å². The summed E-state index contributed by atoms with van der Waals surface area (Å²) in [6.07, 6.45) is -2.47. The molecule has 3 aromatic rings. The summed E-state index contributed by atoms with van der Waals surface area (Å²) in [4.78, 5) is 26.6. The van der Waals surface area contributed by atoms with Gasteiger partial charge in [0.1, 0.15) is 6.17 Å². The van der Waals surface area contributed by atoms with Gasteiger partial charge in [-0.2, -0.15) is 18.3 Å². The van der Waals surface area contributed by atoms with Crippen molar-refractivity contribution in [3.63, 3.8) is 0 Å². The summed E-state index contributed by atoms with van der Waals surface area (Å²) in [5.74, 6) is -0.530. The number of amides is 2. The molecule has 2 amide bonds. The number of benzene rings is 2. The number of hydrogen-bond donors (Lipinski definition) is 1. The third kappa shape index (κ3) is 4.74. The molecular weight excluding hydrogens is 520 g/mol. The average molecular weight is 539 g/mol. The number of nitrogens with zero attached hydrogens (tertiary/aromatic N) is 3. The Kier molecular flexibility index (Phi) is 6.56. The summed E-state index contributed by atoms with van der Waals surface area (Å²) >= 11 is 6.53. The molecule has 36 heavy (non-hydrogen) atoms. The van der Waals surface area contributed by atoms with Crippen LogP contribution in [0.5, 0.6) is 0 Å². The van der Waals surface area contributed by atoms with Crippen molar-refractivity contribution in [3.05, 3.63) is 69.2 Å². The van der Waals surface area contributed by atoms with Crippen molar-refractivity contribution in [2.24, 2.45) is 0 Å². The van der Waals surface area contributed by atoms with E-state index in [1.807, 2.05) is 0 Å². The minimum Gasteiger partial charge on any atom is -0.314 e. The molecule has 6 nitrogen and oxygen atoms in total. The largest absolute Gasteiger partial charge is 0.416 e. The fourth-order valence-corrected chi connectivity index (χ4v) is 5.51. The van der Waals surface area contributed by atoms with Crippen LogP contribution in [0.25, 0.3) is 17.0 Å². The number of nitrogens with one attached hydrogen (secondary N) is 1. The number of fused-ring (bicyclic) bond motifs is 1. The number of halogens is 5. The Balaban J connectivity index is 1.40. The number of rotatable bonds is 4. The lowest BCUT2D eigenvalue weighted by atomic mass is 10.0. The zero-order valence-corrected chi connectivity index (χ0v) is 20.1. The van der Waals surface area contributed by atoms with E-state index in [1.165, 1.54) is 23.0 Å². The second-order valence-corrected chi connectivity index (χ2v) is 9.98. The highest BCUT2D eigenvalue weighted by molar-refractivity contribution is 8.18. The first kappa shape index (κ1) is 24.8. The van der Waals surface area contributed by atoms with Gasteiger partial charge in [-0.3, -0.25) is 19.2 Å². The molecule has 1 N–H and O–H groups in total. The van der Waals surface area contributed by atoms with Crippen molar-refractivity contribution in [3.8, 4) is 0 Å². The molecule has 2 atom stereocenters. The molecule has 12 heteroatoms. The Bertz CT molecular complexity index is 1390. The number of aromatic nitrogens is 2. The molecule has 0 spiro atoms. The van der Waals surface area contributed by atoms with E-state index in [9.17, 15) is 27.2 Å². The first-order valence-corrected chi connectivity index (χ1v) is 12.2. The predicted octanol–water partition coefficient (Wildman–Crippen LogP) is 5.49. The molecule has 2 fully saturated rings. The Hall–Kier alpha value is -2.89. The fraction of sp³-hybridized carbons (Fsp3) is 0.292. The Morgan fingerprint density at radius 1 is 1.19 bits per heavy atom. The van der Waals surface area contributed by atoms with Crippen LogP contribution in [0.4, 0.5) is 22.4 Å². The molecule has 3 heterocycles. The maximum Gasteiger partial charge on any atom is 0.416 e. The van der Waals surface area contributed by atoms with Gasteiger partial charge >= 0.3 is 6.18 Å². The second-order valence-electron chi connectivity index (χ2n) is 8.55. The van der Waals surface area contributed by atoms with E-state index >= 15 is 0 Å². The van der Waals surface area contributed by atoms with Crippen molar-refractivity contribution >= 4 is 51.5 Å². The van der Waals surface area contributed by atoms with Crippen molar-refractivity contribution in [2.45, 2.75) is 31.4 Å². The highest BCUT2D eigenvalue weighted by atomic mass is 35.5. The van der Waals surface area contributed by atoms with E-state index in [0.29, 0.717) is 29.4 Å². The minimum absolute atomic E-state index is 0.00681. The monoisotopic (exact) mass is 538 g/mol. The fourth-order valence-electron chi connectivity index (χ4n) is 4.45. The maximum atomic E-state index is 14.3. The molecule has 0 radical (unpaired) electrons. The van der Waals surface area contributed by atoms with Crippen LogP contribution in [0.1, 0.15) is 23.1 Å². The second kappa shape index (κ2) is 9.53. The van der Waals surface area contributed by atoms with E-state index in [4.69, 9.17) is 11.6 Å². The van der Waals surface area contributed by atoms with E-state index in [1.54, 1.807) is 24.3 Å². The summed E-state index contributed by atoms with van der Waals surface area (Å²) in [5.41, 5.74) is 0.407. The van der Waals surface area contributed by atoms with Crippen LogP contribution in [0.15, 0.2) is 47.5 Å².